The second-order valence-electron chi connectivity index (χ2n) is 7.90. The third-order valence-electron chi connectivity index (χ3n) is 6.05. The Hall–Kier alpha value is -2.21. The van der Waals surface area contributed by atoms with Crippen LogP contribution in [0.2, 0.25) is 0 Å². The van der Waals surface area contributed by atoms with Crippen LogP contribution in [-0.2, 0) is 4.79 Å². The molecule has 4 rings (SSSR count). The van der Waals surface area contributed by atoms with Crippen LogP contribution < -0.4 is 5.32 Å². The third-order valence-corrected chi connectivity index (χ3v) is 6.05. The van der Waals surface area contributed by atoms with Crippen LogP contribution in [-0.4, -0.2) is 52.8 Å². The molecule has 3 fully saturated rings. The van der Waals surface area contributed by atoms with Gasteiger partial charge in [-0.05, 0) is 38.5 Å². The number of amides is 3. The maximum Gasteiger partial charge on any atom is 0.326 e. The number of piperidine rings is 1. The monoisotopic (exact) mass is 355 g/mol. The van der Waals surface area contributed by atoms with E-state index in [9.17, 15) is 14.4 Å². The molecule has 2 aliphatic heterocycles. The number of hydrogen-bond acceptors (Lipinski definition) is 4. The molecular formula is C20H25N3O3. The summed E-state index contributed by atoms with van der Waals surface area (Å²) in [6, 6.07) is 9.12. The zero-order valence-corrected chi connectivity index (χ0v) is 15.1. The summed E-state index contributed by atoms with van der Waals surface area (Å²) in [5.41, 5.74) is 0.0406. The number of carbonyl (C=O) groups is 3. The average molecular weight is 355 g/mol. The Labute approximate surface area is 153 Å². The summed E-state index contributed by atoms with van der Waals surface area (Å²) in [4.78, 5) is 41.0. The molecule has 3 amide bonds. The van der Waals surface area contributed by atoms with E-state index >= 15 is 0 Å². The molecule has 2 heterocycles. The second-order valence-corrected chi connectivity index (χ2v) is 7.90. The molecule has 0 aromatic heterocycles. The first-order valence-electron chi connectivity index (χ1n) is 9.45. The summed E-state index contributed by atoms with van der Waals surface area (Å²) in [5.74, 6) is 0.390. The maximum atomic E-state index is 12.7. The highest BCUT2D eigenvalue weighted by Crippen LogP contribution is 2.42. The van der Waals surface area contributed by atoms with Gasteiger partial charge in [-0.2, -0.15) is 0 Å². The van der Waals surface area contributed by atoms with E-state index in [1.165, 1.54) is 4.90 Å². The van der Waals surface area contributed by atoms with Crippen molar-refractivity contribution in [2.75, 3.05) is 19.8 Å². The van der Waals surface area contributed by atoms with E-state index in [2.05, 4.69) is 10.2 Å². The van der Waals surface area contributed by atoms with Gasteiger partial charge in [-0.3, -0.25) is 14.5 Å². The Morgan fingerprint density at radius 3 is 2.38 bits per heavy atom. The molecule has 1 atom stereocenters. The molecule has 0 unspecified atom stereocenters. The Morgan fingerprint density at radius 1 is 1.12 bits per heavy atom. The Morgan fingerprint density at radius 2 is 1.77 bits per heavy atom. The number of rotatable bonds is 5. The first kappa shape index (κ1) is 17.2. The van der Waals surface area contributed by atoms with Gasteiger partial charge in [0, 0.05) is 24.6 Å². The number of imide groups is 1. The van der Waals surface area contributed by atoms with Gasteiger partial charge in [-0.1, -0.05) is 30.3 Å². The lowest BCUT2D eigenvalue weighted by molar-refractivity contribution is -0.133. The molecular weight excluding hydrogens is 330 g/mol. The van der Waals surface area contributed by atoms with Crippen LogP contribution in [0.5, 0.6) is 0 Å². The van der Waals surface area contributed by atoms with E-state index < -0.39 is 5.54 Å². The van der Waals surface area contributed by atoms with Crippen molar-refractivity contribution in [2.45, 2.75) is 38.1 Å². The molecule has 26 heavy (non-hydrogen) atoms. The van der Waals surface area contributed by atoms with Crippen LogP contribution in [0.25, 0.3) is 0 Å². The summed E-state index contributed by atoms with van der Waals surface area (Å²) >= 11 is 0. The first-order chi connectivity index (χ1) is 12.5. The number of hydrogen-bond donors (Lipinski definition) is 1. The summed E-state index contributed by atoms with van der Waals surface area (Å²) < 4.78 is 0. The standard InChI is InChI=1S/C20H25N3O3/c1-20(16-7-8-16)18(25)23(19(26)21-20)13-22-11-9-15(10-12-22)17(24)14-5-3-2-4-6-14/h2-6,15-16H,7-13H2,1H3,(H,21,26)/t20-/m0/s1. The number of ketones is 1. The molecule has 1 aliphatic carbocycles. The Bertz CT molecular complexity index is 723. The number of nitrogens with zero attached hydrogens (tertiary/aromatic N) is 2. The van der Waals surface area contributed by atoms with Gasteiger partial charge in [0.05, 0.1) is 6.67 Å². The van der Waals surface area contributed by atoms with Crippen molar-refractivity contribution in [2.24, 2.45) is 11.8 Å². The normalized spacial score (nSPS) is 27.7. The number of Topliss-reactive ketones (excluding diaryl/α,β-unsaturated/α-hetero) is 1. The van der Waals surface area contributed by atoms with Gasteiger partial charge >= 0.3 is 6.03 Å². The lowest BCUT2D eigenvalue weighted by Gasteiger charge is -2.33. The second kappa shape index (κ2) is 6.50. The zero-order chi connectivity index (χ0) is 18.3. The van der Waals surface area contributed by atoms with Gasteiger partial charge in [0.2, 0.25) is 0 Å². The Balaban J connectivity index is 1.33. The molecule has 138 valence electrons. The van der Waals surface area contributed by atoms with Crippen LogP contribution in [0.1, 0.15) is 43.0 Å². The minimum atomic E-state index is -0.724. The van der Waals surface area contributed by atoms with Gasteiger partial charge in [0.1, 0.15) is 5.54 Å². The van der Waals surface area contributed by atoms with Gasteiger partial charge in [-0.25, -0.2) is 9.69 Å². The maximum absolute atomic E-state index is 12.7. The van der Waals surface area contributed by atoms with Crippen molar-refractivity contribution in [1.82, 2.24) is 15.1 Å². The minimum Gasteiger partial charge on any atom is -0.323 e. The van der Waals surface area contributed by atoms with Crippen LogP contribution in [0.4, 0.5) is 4.79 Å². The molecule has 1 aromatic carbocycles. The lowest BCUT2D eigenvalue weighted by atomic mass is 9.89. The Kier molecular flexibility index (Phi) is 4.31. The predicted molar refractivity (Wildman–Crippen MR) is 96.4 cm³/mol. The molecule has 6 nitrogen and oxygen atoms in total. The highest BCUT2D eigenvalue weighted by atomic mass is 16.2. The number of likely N-dealkylation sites (tertiary alicyclic amines) is 1. The molecule has 0 radical (unpaired) electrons. The molecule has 2 saturated heterocycles. The highest BCUT2D eigenvalue weighted by Gasteiger charge is 2.56. The predicted octanol–water partition coefficient (Wildman–Crippen LogP) is 2.26. The van der Waals surface area contributed by atoms with Gasteiger partial charge in [-0.15, -0.1) is 0 Å². The minimum absolute atomic E-state index is 0.0217. The molecule has 1 N–H and O–H groups in total. The first-order valence-corrected chi connectivity index (χ1v) is 9.45. The fourth-order valence-corrected chi connectivity index (χ4v) is 4.16. The summed E-state index contributed by atoms with van der Waals surface area (Å²) in [5, 5.41) is 2.89. The van der Waals surface area contributed by atoms with Crippen molar-refractivity contribution in [3.05, 3.63) is 35.9 Å². The average Bonchev–Trinajstić information content (AvgIpc) is 3.49. The smallest absolute Gasteiger partial charge is 0.323 e. The number of benzene rings is 1. The topological polar surface area (TPSA) is 69.7 Å². The van der Waals surface area contributed by atoms with Crippen LogP contribution in [0.3, 0.4) is 0 Å². The van der Waals surface area contributed by atoms with Crippen LogP contribution >= 0.6 is 0 Å². The van der Waals surface area contributed by atoms with E-state index in [0.29, 0.717) is 6.67 Å². The van der Waals surface area contributed by atoms with E-state index in [1.54, 1.807) is 0 Å². The van der Waals surface area contributed by atoms with Crippen molar-refractivity contribution < 1.29 is 14.4 Å². The number of urea groups is 1. The molecule has 0 spiro atoms. The van der Waals surface area contributed by atoms with Crippen LogP contribution in [0, 0.1) is 11.8 Å². The van der Waals surface area contributed by atoms with E-state index in [0.717, 1.165) is 44.3 Å². The molecule has 1 aromatic rings. The zero-order valence-electron chi connectivity index (χ0n) is 15.1. The van der Waals surface area contributed by atoms with Gasteiger partial charge in [0.25, 0.3) is 5.91 Å². The van der Waals surface area contributed by atoms with Crippen molar-refractivity contribution in [1.29, 1.82) is 0 Å². The molecule has 6 heteroatoms. The van der Waals surface area contributed by atoms with Crippen LogP contribution in [0.15, 0.2) is 30.3 Å². The fourth-order valence-electron chi connectivity index (χ4n) is 4.16. The summed E-state index contributed by atoms with van der Waals surface area (Å²) in [6.07, 6.45) is 3.53. The van der Waals surface area contributed by atoms with Gasteiger partial charge in [0.15, 0.2) is 5.78 Å². The number of carbonyl (C=O) groups excluding carboxylic acids is 3. The number of nitrogens with one attached hydrogen (secondary N) is 1. The third kappa shape index (κ3) is 3.03. The molecule has 1 saturated carbocycles. The van der Waals surface area contributed by atoms with E-state index in [-0.39, 0.29) is 29.6 Å². The lowest BCUT2D eigenvalue weighted by Crippen LogP contribution is -2.48. The van der Waals surface area contributed by atoms with Gasteiger partial charge < -0.3 is 5.32 Å². The molecule has 3 aliphatic rings. The van der Waals surface area contributed by atoms with E-state index in [1.807, 2.05) is 37.3 Å². The van der Waals surface area contributed by atoms with E-state index in [4.69, 9.17) is 0 Å². The van der Waals surface area contributed by atoms with Crippen molar-refractivity contribution in [3.63, 3.8) is 0 Å². The fraction of sp³-hybridized carbons (Fsp3) is 0.550. The van der Waals surface area contributed by atoms with Crippen molar-refractivity contribution in [3.8, 4) is 0 Å². The highest BCUT2D eigenvalue weighted by molar-refractivity contribution is 6.07. The molecule has 0 bridgehead atoms. The SMILES string of the molecule is C[C@@]1(C2CC2)NC(=O)N(CN2CCC(C(=O)c3ccccc3)CC2)C1=O. The largest absolute Gasteiger partial charge is 0.326 e. The summed E-state index contributed by atoms with van der Waals surface area (Å²) in [7, 11) is 0. The summed E-state index contributed by atoms with van der Waals surface area (Å²) in [6.45, 7) is 3.61. The quantitative estimate of drug-likeness (QED) is 0.650. The van der Waals surface area contributed by atoms with Crippen molar-refractivity contribution >= 4 is 17.7 Å².